The second-order valence-corrected chi connectivity index (χ2v) is 5.76. The van der Waals surface area contributed by atoms with Gasteiger partial charge in [-0.3, -0.25) is 4.79 Å². The molecule has 0 aliphatic carbocycles. The van der Waals surface area contributed by atoms with Crippen LogP contribution in [0.2, 0.25) is 0 Å². The Bertz CT molecular complexity index is 602. The molecule has 4 nitrogen and oxygen atoms in total. The lowest BCUT2D eigenvalue weighted by atomic mass is 10.1. The highest BCUT2D eigenvalue weighted by Gasteiger charge is 2.10. The predicted octanol–water partition coefficient (Wildman–Crippen LogP) is 2.99. The first-order chi connectivity index (χ1) is 10.1. The van der Waals surface area contributed by atoms with E-state index in [2.05, 4.69) is 30.5 Å². The number of aryl methyl sites for hydroxylation is 1. The second kappa shape index (κ2) is 7.27. The SMILES string of the molecule is Cc1oc2ccccc2c1CNCCC(=O)NCC(C)C. The van der Waals surface area contributed by atoms with Crippen LogP contribution in [0, 0.1) is 12.8 Å². The van der Waals surface area contributed by atoms with Crippen LogP contribution in [0.25, 0.3) is 11.0 Å². The number of carbonyl (C=O) groups is 1. The number of benzene rings is 1. The maximum absolute atomic E-state index is 11.6. The Labute approximate surface area is 125 Å². The summed E-state index contributed by atoms with van der Waals surface area (Å²) in [6.45, 7) is 8.29. The maximum atomic E-state index is 11.6. The first-order valence-corrected chi connectivity index (χ1v) is 7.52. The summed E-state index contributed by atoms with van der Waals surface area (Å²) >= 11 is 0. The van der Waals surface area contributed by atoms with Crippen molar-refractivity contribution in [2.24, 2.45) is 5.92 Å². The van der Waals surface area contributed by atoms with Crippen LogP contribution >= 0.6 is 0 Å². The summed E-state index contributed by atoms with van der Waals surface area (Å²) in [7, 11) is 0. The molecule has 1 aromatic carbocycles. The van der Waals surface area contributed by atoms with Crippen molar-refractivity contribution in [1.29, 1.82) is 0 Å². The fourth-order valence-corrected chi connectivity index (χ4v) is 2.26. The standard InChI is InChI=1S/C17H24N2O2/c1-12(2)10-19-17(20)8-9-18-11-15-13(3)21-16-7-5-4-6-14(15)16/h4-7,12,18H,8-11H2,1-3H3,(H,19,20). The van der Waals surface area contributed by atoms with E-state index in [1.807, 2.05) is 25.1 Å². The van der Waals surface area contributed by atoms with Gasteiger partial charge in [0, 0.05) is 37.0 Å². The van der Waals surface area contributed by atoms with Gasteiger partial charge in [-0.05, 0) is 18.9 Å². The highest BCUT2D eigenvalue weighted by Crippen LogP contribution is 2.24. The minimum atomic E-state index is 0.102. The largest absolute Gasteiger partial charge is 0.461 e. The molecule has 0 aliphatic rings. The number of fused-ring (bicyclic) bond motifs is 1. The molecule has 1 amide bonds. The molecular weight excluding hydrogens is 264 g/mol. The Kier molecular flexibility index (Phi) is 5.39. The van der Waals surface area contributed by atoms with Crippen molar-refractivity contribution in [3.63, 3.8) is 0 Å². The Morgan fingerprint density at radius 2 is 2.05 bits per heavy atom. The molecule has 1 aromatic heterocycles. The lowest BCUT2D eigenvalue weighted by Gasteiger charge is -2.08. The van der Waals surface area contributed by atoms with Crippen LogP contribution in [-0.2, 0) is 11.3 Å². The Morgan fingerprint density at radius 3 is 2.81 bits per heavy atom. The van der Waals surface area contributed by atoms with Crippen molar-refractivity contribution in [2.45, 2.75) is 33.7 Å². The van der Waals surface area contributed by atoms with Gasteiger partial charge in [0.05, 0.1) is 0 Å². The lowest BCUT2D eigenvalue weighted by Crippen LogP contribution is -2.30. The number of nitrogens with one attached hydrogen (secondary N) is 2. The molecule has 0 spiro atoms. The minimum absolute atomic E-state index is 0.102. The average molecular weight is 288 g/mol. The molecule has 4 heteroatoms. The predicted molar refractivity (Wildman–Crippen MR) is 85.1 cm³/mol. The highest BCUT2D eigenvalue weighted by molar-refractivity contribution is 5.82. The smallest absolute Gasteiger partial charge is 0.221 e. The van der Waals surface area contributed by atoms with E-state index in [0.29, 0.717) is 18.9 Å². The fraction of sp³-hybridized carbons (Fsp3) is 0.471. The highest BCUT2D eigenvalue weighted by atomic mass is 16.3. The number of hydrogen-bond acceptors (Lipinski definition) is 3. The Hall–Kier alpha value is -1.81. The number of hydrogen-bond donors (Lipinski definition) is 2. The van der Waals surface area contributed by atoms with Crippen LogP contribution in [0.15, 0.2) is 28.7 Å². The van der Waals surface area contributed by atoms with Gasteiger partial charge in [-0.1, -0.05) is 32.0 Å². The Morgan fingerprint density at radius 1 is 1.29 bits per heavy atom. The van der Waals surface area contributed by atoms with Gasteiger partial charge in [0.1, 0.15) is 11.3 Å². The van der Waals surface area contributed by atoms with Crippen molar-refractivity contribution in [1.82, 2.24) is 10.6 Å². The minimum Gasteiger partial charge on any atom is -0.461 e. The quantitative estimate of drug-likeness (QED) is 0.770. The summed E-state index contributed by atoms with van der Waals surface area (Å²) in [5.74, 6) is 1.53. The topological polar surface area (TPSA) is 54.3 Å². The zero-order chi connectivity index (χ0) is 15.2. The van der Waals surface area contributed by atoms with Crippen LogP contribution in [0.4, 0.5) is 0 Å². The molecule has 0 fully saturated rings. The van der Waals surface area contributed by atoms with Gasteiger partial charge in [-0.2, -0.15) is 0 Å². The van der Waals surface area contributed by atoms with E-state index in [-0.39, 0.29) is 5.91 Å². The van der Waals surface area contributed by atoms with Gasteiger partial charge in [0.25, 0.3) is 0 Å². The van der Waals surface area contributed by atoms with Crippen LogP contribution in [-0.4, -0.2) is 19.0 Å². The summed E-state index contributed by atoms with van der Waals surface area (Å²) in [5.41, 5.74) is 2.09. The number of para-hydroxylation sites is 1. The van der Waals surface area contributed by atoms with E-state index in [1.54, 1.807) is 0 Å². The maximum Gasteiger partial charge on any atom is 0.221 e. The number of amides is 1. The third-order valence-corrected chi connectivity index (χ3v) is 3.44. The van der Waals surface area contributed by atoms with Gasteiger partial charge in [-0.15, -0.1) is 0 Å². The zero-order valence-corrected chi connectivity index (χ0v) is 13.0. The van der Waals surface area contributed by atoms with Crippen molar-refractivity contribution in [3.05, 3.63) is 35.6 Å². The van der Waals surface area contributed by atoms with Gasteiger partial charge in [-0.25, -0.2) is 0 Å². The van der Waals surface area contributed by atoms with Crippen LogP contribution in [0.1, 0.15) is 31.6 Å². The third kappa shape index (κ3) is 4.33. The molecule has 0 radical (unpaired) electrons. The molecule has 2 N–H and O–H groups in total. The Balaban J connectivity index is 1.80. The van der Waals surface area contributed by atoms with Gasteiger partial charge >= 0.3 is 0 Å². The normalized spacial score (nSPS) is 11.2. The van der Waals surface area contributed by atoms with E-state index < -0.39 is 0 Å². The summed E-state index contributed by atoms with van der Waals surface area (Å²) < 4.78 is 5.72. The van der Waals surface area contributed by atoms with E-state index in [4.69, 9.17) is 4.42 Å². The molecule has 0 bridgehead atoms. The average Bonchev–Trinajstić information content (AvgIpc) is 2.77. The van der Waals surface area contributed by atoms with Crippen molar-refractivity contribution < 1.29 is 9.21 Å². The molecular formula is C17H24N2O2. The molecule has 1 heterocycles. The van der Waals surface area contributed by atoms with Gasteiger partial charge in [0.15, 0.2) is 0 Å². The molecule has 0 atom stereocenters. The summed E-state index contributed by atoms with van der Waals surface area (Å²) in [6.07, 6.45) is 0.502. The number of furan rings is 1. The number of carbonyl (C=O) groups excluding carboxylic acids is 1. The number of rotatable bonds is 7. The third-order valence-electron chi connectivity index (χ3n) is 3.44. The van der Waals surface area contributed by atoms with E-state index in [1.165, 1.54) is 5.56 Å². The molecule has 21 heavy (non-hydrogen) atoms. The van der Waals surface area contributed by atoms with Crippen molar-refractivity contribution in [2.75, 3.05) is 13.1 Å². The van der Waals surface area contributed by atoms with E-state index in [9.17, 15) is 4.79 Å². The van der Waals surface area contributed by atoms with E-state index >= 15 is 0 Å². The summed E-state index contributed by atoms with van der Waals surface area (Å²) in [5, 5.41) is 7.38. The molecule has 114 valence electrons. The molecule has 2 rings (SSSR count). The van der Waals surface area contributed by atoms with Gasteiger partial charge < -0.3 is 15.1 Å². The van der Waals surface area contributed by atoms with Gasteiger partial charge in [0.2, 0.25) is 5.91 Å². The van der Waals surface area contributed by atoms with Crippen LogP contribution < -0.4 is 10.6 Å². The molecule has 0 saturated carbocycles. The summed E-state index contributed by atoms with van der Waals surface area (Å²) in [6, 6.07) is 8.03. The first-order valence-electron chi connectivity index (χ1n) is 7.52. The lowest BCUT2D eigenvalue weighted by molar-refractivity contribution is -0.121. The summed E-state index contributed by atoms with van der Waals surface area (Å²) in [4.78, 5) is 11.6. The molecule has 0 saturated heterocycles. The zero-order valence-electron chi connectivity index (χ0n) is 13.0. The molecule has 0 aliphatic heterocycles. The fourth-order valence-electron chi connectivity index (χ4n) is 2.26. The van der Waals surface area contributed by atoms with Crippen LogP contribution in [0.5, 0.6) is 0 Å². The van der Waals surface area contributed by atoms with Crippen LogP contribution in [0.3, 0.4) is 0 Å². The monoisotopic (exact) mass is 288 g/mol. The molecule has 2 aromatic rings. The van der Waals surface area contributed by atoms with Crippen molar-refractivity contribution >= 4 is 16.9 Å². The first kappa shape index (κ1) is 15.6. The molecule has 0 unspecified atom stereocenters. The van der Waals surface area contributed by atoms with E-state index in [0.717, 1.165) is 29.8 Å². The second-order valence-electron chi connectivity index (χ2n) is 5.76. The van der Waals surface area contributed by atoms with Crippen molar-refractivity contribution in [3.8, 4) is 0 Å².